The molecular weight excluding hydrogens is 232 g/mol. The van der Waals surface area contributed by atoms with Gasteiger partial charge in [-0.1, -0.05) is 6.92 Å². The monoisotopic (exact) mass is 258 g/mol. The fourth-order valence-electron chi connectivity index (χ4n) is 2.02. The van der Waals surface area contributed by atoms with E-state index in [0.29, 0.717) is 19.6 Å². The molecule has 1 heterocycles. The molecule has 1 amide bonds. The Labute approximate surface area is 109 Å². The smallest absolute Gasteiger partial charge is 0.237 e. The van der Waals surface area contributed by atoms with E-state index in [4.69, 9.17) is 15.2 Å². The highest BCUT2D eigenvalue weighted by Crippen LogP contribution is 2.14. The first-order chi connectivity index (χ1) is 8.58. The quantitative estimate of drug-likeness (QED) is 0.600. The number of carbonyl (C=O) groups is 1. The zero-order valence-electron chi connectivity index (χ0n) is 11.5. The molecule has 0 spiro atoms. The molecule has 0 aromatic heterocycles. The van der Waals surface area contributed by atoms with Crippen molar-refractivity contribution in [3.63, 3.8) is 0 Å². The van der Waals surface area contributed by atoms with Crippen molar-refractivity contribution in [2.45, 2.75) is 51.2 Å². The van der Waals surface area contributed by atoms with Crippen molar-refractivity contribution in [1.82, 2.24) is 5.32 Å². The van der Waals surface area contributed by atoms with Crippen LogP contribution < -0.4 is 11.1 Å². The Morgan fingerprint density at radius 2 is 2.39 bits per heavy atom. The predicted molar refractivity (Wildman–Crippen MR) is 70.3 cm³/mol. The number of primary amides is 1. The van der Waals surface area contributed by atoms with E-state index >= 15 is 0 Å². The second kappa shape index (κ2) is 7.71. The molecule has 0 aliphatic carbocycles. The minimum absolute atomic E-state index is 0.230. The van der Waals surface area contributed by atoms with Gasteiger partial charge in [0.2, 0.25) is 5.91 Å². The van der Waals surface area contributed by atoms with Gasteiger partial charge in [-0.2, -0.15) is 0 Å². The summed E-state index contributed by atoms with van der Waals surface area (Å²) >= 11 is 0. The van der Waals surface area contributed by atoms with Gasteiger partial charge in [-0.25, -0.2) is 0 Å². The normalized spacial score (nSPS) is 22.9. The third-order valence-electron chi connectivity index (χ3n) is 3.37. The van der Waals surface area contributed by atoms with Crippen molar-refractivity contribution in [2.24, 2.45) is 5.73 Å². The third-order valence-corrected chi connectivity index (χ3v) is 3.37. The van der Waals surface area contributed by atoms with Crippen LogP contribution in [0, 0.1) is 0 Å². The molecule has 0 saturated carbocycles. The molecule has 18 heavy (non-hydrogen) atoms. The lowest BCUT2D eigenvalue weighted by Crippen LogP contribution is -2.53. The van der Waals surface area contributed by atoms with Crippen molar-refractivity contribution in [1.29, 1.82) is 0 Å². The topological polar surface area (TPSA) is 73.6 Å². The number of nitrogens with one attached hydrogen (secondary N) is 1. The summed E-state index contributed by atoms with van der Waals surface area (Å²) in [5.41, 5.74) is 4.83. The van der Waals surface area contributed by atoms with Crippen LogP contribution in [0.4, 0.5) is 0 Å². The van der Waals surface area contributed by atoms with Gasteiger partial charge >= 0.3 is 0 Å². The zero-order valence-corrected chi connectivity index (χ0v) is 11.5. The van der Waals surface area contributed by atoms with Gasteiger partial charge in [-0.05, 0) is 39.2 Å². The van der Waals surface area contributed by atoms with Crippen molar-refractivity contribution in [3.05, 3.63) is 0 Å². The lowest BCUT2D eigenvalue weighted by Gasteiger charge is -2.27. The van der Waals surface area contributed by atoms with E-state index in [0.717, 1.165) is 32.4 Å². The van der Waals surface area contributed by atoms with Crippen molar-refractivity contribution >= 4 is 5.91 Å². The number of ether oxygens (including phenoxy) is 2. The van der Waals surface area contributed by atoms with Crippen LogP contribution in [0.25, 0.3) is 0 Å². The Morgan fingerprint density at radius 3 is 2.94 bits per heavy atom. The standard InChI is InChI=1S/C13H26N2O3/c1-3-7-15-13(2,12(14)16)6-4-8-18-11-5-9-17-10-11/h11,15H,3-10H2,1-2H3,(H2,14,16). The zero-order chi connectivity index (χ0) is 13.4. The summed E-state index contributed by atoms with van der Waals surface area (Å²) in [6.07, 6.45) is 3.72. The minimum atomic E-state index is -0.619. The van der Waals surface area contributed by atoms with Gasteiger partial charge in [0.15, 0.2) is 0 Å². The van der Waals surface area contributed by atoms with E-state index in [2.05, 4.69) is 12.2 Å². The van der Waals surface area contributed by atoms with E-state index < -0.39 is 5.54 Å². The number of hydrogen-bond acceptors (Lipinski definition) is 4. The molecule has 1 aliphatic heterocycles. The lowest BCUT2D eigenvalue weighted by atomic mass is 9.95. The highest BCUT2D eigenvalue weighted by molar-refractivity contribution is 5.84. The second-order valence-corrected chi connectivity index (χ2v) is 5.08. The largest absolute Gasteiger partial charge is 0.379 e. The second-order valence-electron chi connectivity index (χ2n) is 5.08. The fourth-order valence-corrected chi connectivity index (χ4v) is 2.02. The van der Waals surface area contributed by atoms with Crippen LogP contribution in [-0.4, -0.2) is 43.9 Å². The summed E-state index contributed by atoms with van der Waals surface area (Å²) in [7, 11) is 0. The Kier molecular flexibility index (Phi) is 6.60. The van der Waals surface area contributed by atoms with E-state index in [1.54, 1.807) is 0 Å². The third kappa shape index (κ3) is 4.92. The summed E-state index contributed by atoms with van der Waals surface area (Å²) < 4.78 is 10.9. The Morgan fingerprint density at radius 1 is 1.61 bits per heavy atom. The Bertz CT molecular complexity index is 255. The molecule has 0 aromatic rings. The van der Waals surface area contributed by atoms with Gasteiger partial charge < -0.3 is 20.5 Å². The van der Waals surface area contributed by atoms with Gasteiger partial charge in [-0.3, -0.25) is 4.79 Å². The molecule has 5 heteroatoms. The van der Waals surface area contributed by atoms with Gasteiger partial charge in [0.25, 0.3) is 0 Å². The molecule has 106 valence electrons. The minimum Gasteiger partial charge on any atom is -0.379 e. The molecule has 5 nitrogen and oxygen atoms in total. The average Bonchev–Trinajstić information content (AvgIpc) is 2.85. The SMILES string of the molecule is CCCNC(C)(CCCOC1CCOC1)C(N)=O. The number of nitrogens with two attached hydrogens (primary N) is 1. The van der Waals surface area contributed by atoms with Gasteiger partial charge in [0.05, 0.1) is 18.2 Å². The molecule has 2 unspecified atom stereocenters. The first-order valence-corrected chi connectivity index (χ1v) is 6.83. The average molecular weight is 258 g/mol. The maximum absolute atomic E-state index is 11.5. The summed E-state index contributed by atoms with van der Waals surface area (Å²) in [4.78, 5) is 11.5. The Balaban J connectivity index is 2.21. The predicted octanol–water partition coefficient (Wildman–Crippen LogP) is 0.816. The summed E-state index contributed by atoms with van der Waals surface area (Å²) in [6, 6.07) is 0. The first-order valence-electron chi connectivity index (χ1n) is 6.83. The van der Waals surface area contributed by atoms with Gasteiger partial charge in [-0.15, -0.1) is 0 Å². The number of carbonyl (C=O) groups excluding carboxylic acids is 1. The molecular formula is C13H26N2O3. The maximum Gasteiger partial charge on any atom is 0.237 e. The van der Waals surface area contributed by atoms with E-state index in [9.17, 15) is 4.79 Å². The van der Waals surface area contributed by atoms with Crippen LogP contribution in [-0.2, 0) is 14.3 Å². The summed E-state index contributed by atoms with van der Waals surface area (Å²) in [6.45, 7) is 6.88. The van der Waals surface area contributed by atoms with Crippen molar-refractivity contribution in [2.75, 3.05) is 26.4 Å². The highest BCUT2D eigenvalue weighted by atomic mass is 16.5. The highest BCUT2D eigenvalue weighted by Gasteiger charge is 2.29. The molecule has 1 rings (SSSR count). The lowest BCUT2D eigenvalue weighted by molar-refractivity contribution is -0.124. The molecule has 2 atom stereocenters. The van der Waals surface area contributed by atoms with Crippen LogP contribution in [0.5, 0.6) is 0 Å². The van der Waals surface area contributed by atoms with E-state index in [1.807, 2.05) is 6.92 Å². The molecule has 0 bridgehead atoms. The maximum atomic E-state index is 11.5. The van der Waals surface area contributed by atoms with Crippen LogP contribution >= 0.6 is 0 Å². The molecule has 0 aromatic carbocycles. The van der Waals surface area contributed by atoms with Gasteiger partial charge in [0.1, 0.15) is 0 Å². The van der Waals surface area contributed by atoms with Crippen molar-refractivity contribution in [3.8, 4) is 0 Å². The molecule has 1 fully saturated rings. The van der Waals surface area contributed by atoms with Crippen LogP contribution in [0.2, 0.25) is 0 Å². The Hall–Kier alpha value is -0.650. The van der Waals surface area contributed by atoms with E-state index in [-0.39, 0.29) is 12.0 Å². The molecule has 3 N–H and O–H groups in total. The van der Waals surface area contributed by atoms with Crippen LogP contribution in [0.1, 0.15) is 39.5 Å². The molecule has 1 aliphatic rings. The van der Waals surface area contributed by atoms with Crippen molar-refractivity contribution < 1.29 is 14.3 Å². The fraction of sp³-hybridized carbons (Fsp3) is 0.923. The van der Waals surface area contributed by atoms with Crippen LogP contribution in [0.15, 0.2) is 0 Å². The summed E-state index contributed by atoms with van der Waals surface area (Å²) in [5, 5.41) is 3.22. The van der Waals surface area contributed by atoms with Crippen LogP contribution in [0.3, 0.4) is 0 Å². The summed E-state index contributed by atoms with van der Waals surface area (Å²) in [5.74, 6) is -0.292. The number of hydrogen-bond donors (Lipinski definition) is 2. The number of rotatable bonds is 9. The first kappa shape index (κ1) is 15.4. The van der Waals surface area contributed by atoms with E-state index in [1.165, 1.54) is 0 Å². The number of amides is 1. The van der Waals surface area contributed by atoms with Gasteiger partial charge in [0, 0.05) is 13.2 Å². The molecule has 1 saturated heterocycles. The molecule has 0 radical (unpaired) electrons.